The molecule has 2 N–H and O–H groups in total. The number of carbonyl (C=O) groups excluding carboxylic acids is 1. The number of quaternary nitrogens is 1. The fourth-order valence-corrected chi connectivity index (χ4v) is 3.03. The summed E-state index contributed by atoms with van der Waals surface area (Å²) >= 11 is 4.87. The van der Waals surface area contributed by atoms with Crippen molar-refractivity contribution in [2.45, 2.75) is 19.9 Å². The standard InChI is InChI=1S/C9H11BrN3OS/c1-5-4-15-9-12-7(6(2)11)3-8(14)13(5,9)10/h3-4,6H,11H2,1-2H3/q+1. The van der Waals surface area contributed by atoms with E-state index in [2.05, 4.69) is 21.1 Å². The Labute approximate surface area is 101 Å². The van der Waals surface area contributed by atoms with Crippen LogP contribution < -0.4 is 5.73 Å². The molecule has 0 spiro atoms. The van der Waals surface area contributed by atoms with Gasteiger partial charge in [-0.1, -0.05) is 0 Å². The van der Waals surface area contributed by atoms with Gasteiger partial charge in [-0.25, -0.2) is 4.79 Å². The maximum Gasteiger partial charge on any atom is 0.362 e. The molecule has 0 bridgehead atoms. The summed E-state index contributed by atoms with van der Waals surface area (Å²) in [5.74, 6) is -0.0500. The zero-order valence-corrected chi connectivity index (χ0v) is 10.8. The first-order chi connectivity index (χ1) is 6.96. The van der Waals surface area contributed by atoms with Crippen LogP contribution in [0.4, 0.5) is 0 Å². The SMILES string of the molecule is CC1=CSC2=NC(C(C)N)=CC(=O)[N+]12Br. The van der Waals surface area contributed by atoms with E-state index < -0.39 is 0 Å². The maximum absolute atomic E-state index is 12.0. The lowest BCUT2D eigenvalue weighted by Crippen LogP contribution is -2.45. The van der Waals surface area contributed by atoms with Gasteiger partial charge in [0.2, 0.25) is 16.1 Å². The maximum atomic E-state index is 12.0. The zero-order chi connectivity index (χ0) is 11.2. The molecule has 1 amide bonds. The minimum absolute atomic E-state index is 0.00606. The van der Waals surface area contributed by atoms with E-state index in [0.29, 0.717) is 10.9 Å². The van der Waals surface area contributed by atoms with Crippen LogP contribution in [0.15, 0.2) is 27.9 Å². The number of allylic oxidation sites excluding steroid dienone is 1. The van der Waals surface area contributed by atoms with Crippen molar-refractivity contribution in [3.05, 3.63) is 22.9 Å². The summed E-state index contributed by atoms with van der Waals surface area (Å²) < 4.78 is -0.00606. The number of halogens is 1. The molecule has 0 saturated carbocycles. The van der Waals surface area contributed by atoms with E-state index in [0.717, 1.165) is 5.70 Å². The lowest BCUT2D eigenvalue weighted by Gasteiger charge is -2.24. The number of aliphatic imine (C=N–C) groups is 1. The quantitative estimate of drug-likeness (QED) is 0.749. The van der Waals surface area contributed by atoms with Gasteiger partial charge in [-0.05, 0) is 18.7 Å². The van der Waals surface area contributed by atoms with E-state index >= 15 is 0 Å². The molecule has 0 aromatic heterocycles. The summed E-state index contributed by atoms with van der Waals surface area (Å²) in [5, 5.41) is 2.64. The summed E-state index contributed by atoms with van der Waals surface area (Å²) in [7, 11) is 0. The fourth-order valence-electron chi connectivity index (χ4n) is 1.39. The van der Waals surface area contributed by atoms with Crippen molar-refractivity contribution in [2.24, 2.45) is 10.7 Å². The monoisotopic (exact) mass is 288 g/mol. The highest BCUT2D eigenvalue weighted by Crippen LogP contribution is 2.41. The molecule has 80 valence electrons. The summed E-state index contributed by atoms with van der Waals surface area (Å²) in [6.45, 7) is 3.71. The third kappa shape index (κ3) is 1.52. The third-order valence-electron chi connectivity index (χ3n) is 2.35. The number of hydrogen-bond acceptors (Lipinski definition) is 4. The second kappa shape index (κ2) is 3.55. The Bertz CT molecular complexity index is 427. The average molecular weight is 289 g/mol. The molecule has 0 aromatic rings. The number of rotatable bonds is 1. The molecule has 2 heterocycles. The van der Waals surface area contributed by atoms with Gasteiger partial charge in [0, 0.05) is 18.4 Å². The number of carbonyl (C=O) groups is 1. The molecule has 2 aliphatic heterocycles. The smallest absolute Gasteiger partial charge is 0.323 e. The van der Waals surface area contributed by atoms with E-state index in [1.165, 1.54) is 17.8 Å². The Morgan fingerprint density at radius 3 is 2.93 bits per heavy atom. The molecule has 0 radical (unpaired) electrons. The first-order valence-corrected chi connectivity index (χ1v) is 6.09. The molecule has 2 aliphatic rings. The highest BCUT2D eigenvalue weighted by Gasteiger charge is 2.49. The topological polar surface area (TPSA) is 55.4 Å². The van der Waals surface area contributed by atoms with Crippen LogP contribution in [0.25, 0.3) is 0 Å². The number of thioether (sulfide) groups is 1. The second-order valence-electron chi connectivity index (χ2n) is 3.56. The van der Waals surface area contributed by atoms with Crippen LogP contribution in [-0.4, -0.2) is 20.6 Å². The van der Waals surface area contributed by atoms with Crippen LogP contribution in [0, 0.1) is 0 Å². The van der Waals surface area contributed by atoms with E-state index in [1.54, 1.807) is 0 Å². The fraction of sp³-hybridized carbons (Fsp3) is 0.333. The first kappa shape index (κ1) is 11.1. The van der Waals surface area contributed by atoms with Gasteiger partial charge in [0.1, 0.15) is 5.70 Å². The van der Waals surface area contributed by atoms with Crippen LogP contribution >= 0.6 is 27.9 Å². The predicted molar refractivity (Wildman–Crippen MR) is 64.7 cm³/mol. The van der Waals surface area contributed by atoms with Gasteiger partial charge >= 0.3 is 5.91 Å². The van der Waals surface area contributed by atoms with Crippen LogP contribution in [-0.2, 0) is 4.79 Å². The number of fused-ring (bicyclic) bond motifs is 1. The van der Waals surface area contributed by atoms with Crippen molar-refractivity contribution in [2.75, 3.05) is 0 Å². The van der Waals surface area contributed by atoms with E-state index in [-0.39, 0.29) is 15.5 Å². The van der Waals surface area contributed by atoms with Crippen LogP contribution in [0.1, 0.15) is 13.8 Å². The lowest BCUT2D eigenvalue weighted by molar-refractivity contribution is -0.541. The molecule has 0 aromatic carbocycles. The largest absolute Gasteiger partial charge is 0.362 e. The number of amidine groups is 1. The van der Waals surface area contributed by atoms with Crippen LogP contribution in [0.2, 0.25) is 0 Å². The van der Waals surface area contributed by atoms with Gasteiger partial charge < -0.3 is 5.73 Å². The zero-order valence-electron chi connectivity index (χ0n) is 8.40. The van der Waals surface area contributed by atoms with Gasteiger partial charge in [-0.15, -0.1) is 3.51 Å². The van der Waals surface area contributed by atoms with E-state index in [1.807, 2.05) is 19.3 Å². The highest BCUT2D eigenvalue weighted by molar-refractivity contribution is 9.05. The molecule has 6 heteroatoms. The minimum atomic E-state index is -0.218. The minimum Gasteiger partial charge on any atom is -0.323 e. The molecule has 4 nitrogen and oxygen atoms in total. The van der Waals surface area contributed by atoms with Crippen molar-refractivity contribution in [3.8, 4) is 0 Å². The Hall–Kier alpha value is -0.430. The normalized spacial score (nSPS) is 31.7. The summed E-state index contributed by atoms with van der Waals surface area (Å²) in [6.07, 6.45) is 1.51. The van der Waals surface area contributed by atoms with E-state index in [9.17, 15) is 4.79 Å². The summed E-state index contributed by atoms with van der Waals surface area (Å²) in [5.41, 5.74) is 7.27. The molecule has 0 aliphatic carbocycles. The molecule has 0 saturated heterocycles. The lowest BCUT2D eigenvalue weighted by atomic mass is 10.2. The predicted octanol–water partition coefficient (Wildman–Crippen LogP) is 1.85. The van der Waals surface area contributed by atoms with Gasteiger partial charge in [-0.3, -0.25) is 0 Å². The molecular formula is C9H11BrN3OS+. The van der Waals surface area contributed by atoms with Gasteiger partial charge in [0.25, 0.3) is 5.17 Å². The molecule has 2 unspecified atom stereocenters. The van der Waals surface area contributed by atoms with Crippen LogP contribution in [0.5, 0.6) is 0 Å². The van der Waals surface area contributed by atoms with Crippen molar-refractivity contribution in [1.82, 2.24) is 0 Å². The van der Waals surface area contributed by atoms with Gasteiger partial charge in [-0.2, -0.15) is 4.99 Å². The Kier molecular flexibility index (Phi) is 2.62. The molecular weight excluding hydrogens is 278 g/mol. The van der Waals surface area contributed by atoms with Crippen LogP contribution in [0.3, 0.4) is 0 Å². The molecule has 15 heavy (non-hydrogen) atoms. The second-order valence-corrected chi connectivity index (χ2v) is 5.46. The number of amides is 1. The van der Waals surface area contributed by atoms with Gasteiger partial charge in [0.15, 0.2) is 0 Å². The number of nitrogens with two attached hydrogens (primary N) is 1. The Balaban J connectivity index is 2.47. The van der Waals surface area contributed by atoms with E-state index in [4.69, 9.17) is 5.73 Å². The third-order valence-corrected chi connectivity index (χ3v) is 4.87. The molecule has 0 fully saturated rings. The average Bonchev–Trinajstić information content (AvgIpc) is 2.46. The van der Waals surface area contributed by atoms with Crippen molar-refractivity contribution in [3.63, 3.8) is 0 Å². The summed E-state index contributed by atoms with van der Waals surface area (Å²) in [4.78, 5) is 16.4. The van der Waals surface area contributed by atoms with Crippen molar-refractivity contribution in [1.29, 1.82) is 0 Å². The number of hydrogen-bond donors (Lipinski definition) is 1. The van der Waals surface area contributed by atoms with Crippen molar-refractivity contribution < 1.29 is 8.30 Å². The Morgan fingerprint density at radius 1 is 1.67 bits per heavy atom. The van der Waals surface area contributed by atoms with Gasteiger partial charge in [0.05, 0.1) is 11.8 Å². The highest BCUT2D eigenvalue weighted by atomic mass is 79.9. The molecule has 2 atom stereocenters. The van der Waals surface area contributed by atoms with Crippen molar-refractivity contribution >= 4 is 39.0 Å². The number of nitrogens with zero attached hydrogens (tertiary/aromatic N) is 2. The Morgan fingerprint density at radius 2 is 2.33 bits per heavy atom. The molecule has 2 rings (SSSR count). The summed E-state index contributed by atoms with van der Waals surface area (Å²) in [6, 6.07) is -0.218. The first-order valence-electron chi connectivity index (χ1n) is 4.50.